The van der Waals surface area contributed by atoms with Gasteiger partial charge in [0, 0.05) is 4.88 Å². The highest BCUT2D eigenvalue weighted by atomic mass is 35.5. The molecule has 0 aromatic carbocycles. The lowest BCUT2D eigenvalue weighted by atomic mass is 10.2. The second-order valence-electron chi connectivity index (χ2n) is 1.74. The van der Waals surface area contributed by atoms with Crippen molar-refractivity contribution < 1.29 is 0 Å². The van der Waals surface area contributed by atoms with Crippen molar-refractivity contribution in [3.63, 3.8) is 0 Å². The van der Waals surface area contributed by atoms with Gasteiger partial charge in [0.25, 0.3) is 0 Å². The molecule has 0 unspecified atom stereocenters. The van der Waals surface area contributed by atoms with Gasteiger partial charge in [0.2, 0.25) is 0 Å². The van der Waals surface area contributed by atoms with Crippen molar-refractivity contribution in [1.29, 1.82) is 5.26 Å². The number of nitriles is 1. The van der Waals surface area contributed by atoms with Gasteiger partial charge in [-0.2, -0.15) is 9.64 Å². The van der Waals surface area contributed by atoms with Crippen LogP contribution in [0.4, 0.5) is 0 Å². The summed E-state index contributed by atoms with van der Waals surface area (Å²) in [4.78, 5) is 0.965. The van der Waals surface area contributed by atoms with Gasteiger partial charge in [-0.15, -0.1) is 0 Å². The van der Waals surface area contributed by atoms with E-state index < -0.39 is 0 Å². The fraction of sp³-hybridized carbons (Fsp3) is 0.333. The molecule has 0 amide bonds. The molecule has 52 valence electrons. The van der Waals surface area contributed by atoms with Crippen molar-refractivity contribution in [3.05, 3.63) is 15.6 Å². The van der Waals surface area contributed by atoms with Crippen LogP contribution < -0.4 is 0 Å². The van der Waals surface area contributed by atoms with Gasteiger partial charge in [-0.05, 0) is 18.0 Å². The van der Waals surface area contributed by atoms with Crippen LogP contribution in [0.2, 0.25) is 5.15 Å². The van der Waals surface area contributed by atoms with E-state index in [1.54, 1.807) is 0 Å². The standard InChI is InChI=1S/C6H5ClN2S/c1-2-5-4(3-8)6(7)9-10-5/h2H2,1H3. The van der Waals surface area contributed by atoms with E-state index in [0.717, 1.165) is 11.3 Å². The Bertz CT molecular complexity index is 274. The second-order valence-corrected chi connectivity index (χ2v) is 2.95. The molecule has 1 heterocycles. The number of rotatable bonds is 1. The molecule has 0 bridgehead atoms. The first-order valence-electron chi connectivity index (χ1n) is 2.83. The number of hydrogen-bond acceptors (Lipinski definition) is 3. The molecule has 0 aliphatic carbocycles. The third-order valence-electron chi connectivity index (χ3n) is 1.15. The van der Waals surface area contributed by atoms with Crippen molar-refractivity contribution in [2.75, 3.05) is 0 Å². The molecule has 1 aromatic heterocycles. The Morgan fingerprint density at radius 1 is 1.80 bits per heavy atom. The normalized spacial score (nSPS) is 9.30. The molecule has 0 radical (unpaired) electrons. The molecule has 0 atom stereocenters. The van der Waals surface area contributed by atoms with E-state index in [-0.39, 0.29) is 0 Å². The lowest BCUT2D eigenvalue weighted by molar-refractivity contribution is 1.17. The summed E-state index contributed by atoms with van der Waals surface area (Å²) in [7, 11) is 0. The molecule has 0 fully saturated rings. The number of halogens is 1. The summed E-state index contributed by atoms with van der Waals surface area (Å²) < 4.78 is 3.84. The maximum atomic E-state index is 8.55. The average Bonchev–Trinajstić information content (AvgIpc) is 2.30. The van der Waals surface area contributed by atoms with Gasteiger partial charge >= 0.3 is 0 Å². The fourth-order valence-corrected chi connectivity index (χ4v) is 1.61. The smallest absolute Gasteiger partial charge is 0.160 e. The van der Waals surface area contributed by atoms with Crippen molar-refractivity contribution in [2.45, 2.75) is 13.3 Å². The second kappa shape index (κ2) is 3.00. The molecule has 0 aliphatic heterocycles. The lowest BCUT2D eigenvalue weighted by Crippen LogP contribution is -1.77. The molecule has 0 spiro atoms. The minimum Gasteiger partial charge on any atom is -0.192 e. The monoisotopic (exact) mass is 172 g/mol. The zero-order valence-electron chi connectivity index (χ0n) is 5.39. The predicted molar refractivity (Wildman–Crippen MR) is 41.2 cm³/mol. The van der Waals surface area contributed by atoms with Crippen LogP contribution in [0.1, 0.15) is 17.4 Å². The fourth-order valence-electron chi connectivity index (χ4n) is 0.651. The van der Waals surface area contributed by atoms with Crippen LogP contribution in [-0.4, -0.2) is 4.37 Å². The Hall–Kier alpha value is -0.590. The first-order valence-corrected chi connectivity index (χ1v) is 3.98. The van der Waals surface area contributed by atoms with Crippen LogP contribution in [-0.2, 0) is 6.42 Å². The summed E-state index contributed by atoms with van der Waals surface area (Å²) in [6.07, 6.45) is 0.827. The Morgan fingerprint density at radius 3 is 2.90 bits per heavy atom. The summed E-state index contributed by atoms with van der Waals surface area (Å²) in [6.45, 7) is 1.98. The summed E-state index contributed by atoms with van der Waals surface area (Å²) in [6, 6.07) is 2.01. The van der Waals surface area contributed by atoms with E-state index >= 15 is 0 Å². The molecular weight excluding hydrogens is 168 g/mol. The highest BCUT2D eigenvalue weighted by Crippen LogP contribution is 2.22. The maximum Gasteiger partial charge on any atom is 0.160 e. The van der Waals surface area contributed by atoms with Crippen LogP contribution >= 0.6 is 23.1 Å². The zero-order chi connectivity index (χ0) is 7.56. The Balaban J connectivity index is 3.17. The molecular formula is C6H5ClN2S. The molecule has 1 rings (SSSR count). The molecule has 10 heavy (non-hydrogen) atoms. The first kappa shape index (κ1) is 7.52. The number of nitrogens with zero attached hydrogens (tertiary/aromatic N) is 2. The minimum absolute atomic E-state index is 0.337. The van der Waals surface area contributed by atoms with Gasteiger partial charge < -0.3 is 0 Å². The van der Waals surface area contributed by atoms with Crippen LogP contribution in [0.5, 0.6) is 0 Å². The molecule has 2 nitrogen and oxygen atoms in total. The Labute approximate surface area is 68.2 Å². The van der Waals surface area contributed by atoms with E-state index in [4.69, 9.17) is 16.9 Å². The van der Waals surface area contributed by atoms with Crippen LogP contribution in [0.25, 0.3) is 0 Å². The quantitative estimate of drug-likeness (QED) is 0.652. The summed E-state index contributed by atoms with van der Waals surface area (Å²) in [5.41, 5.74) is 0.536. The zero-order valence-corrected chi connectivity index (χ0v) is 6.96. The van der Waals surface area contributed by atoms with Crippen LogP contribution in [0, 0.1) is 11.3 Å². The Morgan fingerprint density at radius 2 is 2.50 bits per heavy atom. The third kappa shape index (κ3) is 1.13. The van der Waals surface area contributed by atoms with Crippen LogP contribution in [0.15, 0.2) is 0 Å². The van der Waals surface area contributed by atoms with E-state index in [2.05, 4.69) is 4.37 Å². The summed E-state index contributed by atoms with van der Waals surface area (Å²) in [5.74, 6) is 0. The van der Waals surface area contributed by atoms with E-state index in [1.165, 1.54) is 11.5 Å². The van der Waals surface area contributed by atoms with Crippen molar-refractivity contribution in [1.82, 2.24) is 4.37 Å². The van der Waals surface area contributed by atoms with E-state index in [9.17, 15) is 0 Å². The lowest BCUT2D eigenvalue weighted by Gasteiger charge is -1.84. The van der Waals surface area contributed by atoms with Gasteiger partial charge in [0.15, 0.2) is 5.15 Å². The van der Waals surface area contributed by atoms with Gasteiger partial charge in [-0.3, -0.25) is 0 Å². The van der Waals surface area contributed by atoms with Crippen molar-refractivity contribution in [3.8, 4) is 6.07 Å². The average molecular weight is 173 g/mol. The Kier molecular flexibility index (Phi) is 2.25. The topological polar surface area (TPSA) is 36.7 Å². The minimum atomic E-state index is 0.337. The van der Waals surface area contributed by atoms with Crippen LogP contribution in [0.3, 0.4) is 0 Å². The van der Waals surface area contributed by atoms with Crippen molar-refractivity contribution in [2.24, 2.45) is 0 Å². The van der Waals surface area contributed by atoms with E-state index in [0.29, 0.717) is 10.7 Å². The SMILES string of the molecule is CCc1snc(Cl)c1C#N. The molecule has 0 saturated carbocycles. The number of aromatic nitrogens is 1. The largest absolute Gasteiger partial charge is 0.192 e. The third-order valence-corrected chi connectivity index (χ3v) is 2.51. The van der Waals surface area contributed by atoms with E-state index in [1.807, 2.05) is 13.0 Å². The molecule has 4 heteroatoms. The predicted octanol–water partition coefficient (Wildman–Crippen LogP) is 2.23. The highest BCUT2D eigenvalue weighted by molar-refractivity contribution is 7.06. The van der Waals surface area contributed by atoms with Gasteiger partial charge in [-0.1, -0.05) is 18.5 Å². The van der Waals surface area contributed by atoms with Gasteiger partial charge in [0.05, 0.1) is 0 Å². The van der Waals surface area contributed by atoms with Gasteiger partial charge in [0.1, 0.15) is 11.6 Å². The van der Waals surface area contributed by atoms with Crippen molar-refractivity contribution >= 4 is 23.1 Å². The number of hydrogen-bond donors (Lipinski definition) is 0. The number of aryl methyl sites for hydroxylation is 1. The first-order chi connectivity index (χ1) is 4.79. The molecule has 1 aromatic rings. The molecule has 0 saturated heterocycles. The van der Waals surface area contributed by atoms with Gasteiger partial charge in [-0.25, -0.2) is 0 Å². The summed E-state index contributed by atoms with van der Waals surface area (Å²) in [5, 5.41) is 8.89. The molecule has 0 N–H and O–H groups in total. The molecule has 0 aliphatic rings. The summed E-state index contributed by atoms with van der Waals surface area (Å²) >= 11 is 6.90. The maximum absolute atomic E-state index is 8.55. The highest BCUT2D eigenvalue weighted by Gasteiger charge is 2.08.